The normalized spacial score (nSPS) is 44.7. The molecular formula is C15H26N2O. The third-order valence-electron chi connectivity index (χ3n) is 5.95. The molecule has 0 radical (unpaired) electrons. The summed E-state index contributed by atoms with van der Waals surface area (Å²) in [7, 11) is 0. The molecule has 4 bridgehead atoms. The van der Waals surface area contributed by atoms with E-state index in [9.17, 15) is 4.79 Å². The standard InChI is InChI=1S/C15H26N2O/c1-3-17-13(18)14(2,16)15-7-10-4-11(8-15)6-12(5-10)9-15/h10-12H,3-9,16H2,1-2H3,(H,17,18). The maximum atomic E-state index is 12.3. The van der Waals surface area contributed by atoms with Gasteiger partial charge in [0.25, 0.3) is 0 Å². The minimum atomic E-state index is -0.682. The van der Waals surface area contributed by atoms with Gasteiger partial charge in [0.15, 0.2) is 0 Å². The molecule has 0 aromatic rings. The quantitative estimate of drug-likeness (QED) is 0.805. The summed E-state index contributed by atoms with van der Waals surface area (Å²) in [6.07, 6.45) is 7.73. The second-order valence-corrected chi connectivity index (χ2v) is 7.26. The SMILES string of the molecule is CCNC(=O)C(C)(N)C12CC3CC(CC(C3)C1)C2. The van der Waals surface area contributed by atoms with E-state index in [4.69, 9.17) is 5.73 Å². The zero-order valence-corrected chi connectivity index (χ0v) is 11.7. The summed E-state index contributed by atoms with van der Waals surface area (Å²) in [4.78, 5) is 12.3. The topological polar surface area (TPSA) is 55.1 Å². The summed E-state index contributed by atoms with van der Waals surface area (Å²) in [5.74, 6) is 2.59. The van der Waals surface area contributed by atoms with Crippen LogP contribution in [-0.2, 0) is 4.79 Å². The fraction of sp³-hybridized carbons (Fsp3) is 0.933. The zero-order chi connectivity index (χ0) is 13.0. The molecule has 1 amide bonds. The van der Waals surface area contributed by atoms with E-state index in [1.165, 1.54) is 38.5 Å². The van der Waals surface area contributed by atoms with Crippen LogP contribution in [-0.4, -0.2) is 18.0 Å². The molecule has 0 aromatic heterocycles. The Labute approximate surface area is 110 Å². The Kier molecular flexibility index (Phi) is 2.74. The van der Waals surface area contributed by atoms with E-state index in [-0.39, 0.29) is 11.3 Å². The average Bonchev–Trinajstić information content (AvgIpc) is 2.27. The third-order valence-corrected chi connectivity index (χ3v) is 5.95. The first kappa shape index (κ1) is 12.5. The highest BCUT2D eigenvalue weighted by Crippen LogP contribution is 2.63. The van der Waals surface area contributed by atoms with Crippen molar-refractivity contribution in [2.75, 3.05) is 6.54 Å². The van der Waals surface area contributed by atoms with Crippen LogP contribution in [0, 0.1) is 23.2 Å². The van der Waals surface area contributed by atoms with Crippen molar-refractivity contribution in [2.24, 2.45) is 28.9 Å². The molecule has 1 atom stereocenters. The average molecular weight is 250 g/mol. The molecular weight excluding hydrogens is 224 g/mol. The molecule has 0 heterocycles. The van der Waals surface area contributed by atoms with Crippen LogP contribution in [0.4, 0.5) is 0 Å². The number of amides is 1. The van der Waals surface area contributed by atoms with Gasteiger partial charge < -0.3 is 11.1 Å². The van der Waals surface area contributed by atoms with Gasteiger partial charge in [-0.25, -0.2) is 0 Å². The molecule has 3 nitrogen and oxygen atoms in total. The molecule has 4 aliphatic carbocycles. The van der Waals surface area contributed by atoms with Gasteiger partial charge in [-0.2, -0.15) is 0 Å². The Bertz CT molecular complexity index is 326. The van der Waals surface area contributed by atoms with E-state index >= 15 is 0 Å². The van der Waals surface area contributed by atoms with Crippen molar-refractivity contribution >= 4 is 5.91 Å². The van der Waals surface area contributed by atoms with E-state index in [2.05, 4.69) is 5.32 Å². The predicted molar refractivity (Wildman–Crippen MR) is 71.9 cm³/mol. The van der Waals surface area contributed by atoms with Gasteiger partial charge in [-0.3, -0.25) is 4.79 Å². The first-order chi connectivity index (χ1) is 8.47. The second kappa shape index (κ2) is 3.96. The lowest BCUT2D eigenvalue weighted by Gasteiger charge is -2.61. The Morgan fingerprint density at radius 2 is 1.67 bits per heavy atom. The van der Waals surface area contributed by atoms with Gasteiger partial charge in [0.05, 0.1) is 5.54 Å². The summed E-state index contributed by atoms with van der Waals surface area (Å²) < 4.78 is 0. The van der Waals surface area contributed by atoms with Gasteiger partial charge in [-0.15, -0.1) is 0 Å². The number of hydrogen-bond acceptors (Lipinski definition) is 2. The lowest BCUT2D eigenvalue weighted by molar-refractivity contribution is -0.143. The van der Waals surface area contributed by atoms with Gasteiger partial charge in [0.1, 0.15) is 0 Å². The highest BCUT2D eigenvalue weighted by molar-refractivity contribution is 5.86. The lowest BCUT2D eigenvalue weighted by Crippen LogP contribution is -2.67. The molecule has 0 spiro atoms. The first-order valence-corrected chi connectivity index (χ1v) is 7.54. The summed E-state index contributed by atoms with van der Waals surface area (Å²) in [5.41, 5.74) is 5.94. The van der Waals surface area contributed by atoms with Crippen LogP contribution in [0.1, 0.15) is 52.4 Å². The Balaban J connectivity index is 1.88. The van der Waals surface area contributed by atoms with Crippen molar-refractivity contribution in [2.45, 2.75) is 57.9 Å². The summed E-state index contributed by atoms with van der Waals surface area (Å²) in [6, 6.07) is 0. The minimum absolute atomic E-state index is 0.0620. The fourth-order valence-corrected chi connectivity index (χ4v) is 5.33. The van der Waals surface area contributed by atoms with Crippen molar-refractivity contribution in [3.8, 4) is 0 Å². The molecule has 3 N–H and O–H groups in total. The van der Waals surface area contributed by atoms with Crippen molar-refractivity contribution < 1.29 is 4.79 Å². The van der Waals surface area contributed by atoms with Gasteiger partial charge >= 0.3 is 0 Å². The molecule has 4 saturated carbocycles. The molecule has 1 unspecified atom stereocenters. The predicted octanol–water partition coefficient (Wildman–Crippen LogP) is 2.06. The fourth-order valence-electron chi connectivity index (χ4n) is 5.33. The highest BCUT2D eigenvalue weighted by Gasteiger charge is 2.59. The van der Waals surface area contributed by atoms with E-state index in [0.717, 1.165) is 17.8 Å². The molecule has 0 aliphatic heterocycles. The van der Waals surface area contributed by atoms with Crippen molar-refractivity contribution in [1.29, 1.82) is 0 Å². The van der Waals surface area contributed by atoms with Crippen molar-refractivity contribution in [3.63, 3.8) is 0 Å². The number of nitrogens with two attached hydrogens (primary N) is 1. The Morgan fingerprint density at radius 1 is 1.22 bits per heavy atom. The Hall–Kier alpha value is -0.570. The molecule has 3 heteroatoms. The molecule has 0 aromatic carbocycles. The number of carbonyl (C=O) groups is 1. The van der Waals surface area contributed by atoms with E-state index in [0.29, 0.717) is 6.54 Å². The maximum absolute atomic E-state index is 12.3. The monoisotopic (exact) mass is 250 g/mol. The number of carbonyl (C=O) groups excluding carboxylic acids is 1. The lowest BCUT2D eigenvalue weighted by atomic mass is 9.45. The molecule has 102 valence electrons. The second-order valence-electron chi connectivity index (χ2n) is 7.26. The van der Waals surface area contributed by atoms with Crippen LogP contribution in [0.2, 0.25) is 0 Å². The van der Waals surface area contributed by atoms with Crippen LogP contribution >= 0.6 is 0 Å². The number of nitrogens with one attached hydrogen (secondary N) is 1. The van der Waals surface area contributed by atoms with Gasteiger partial charge in [-0.05, 0) is 75.5 Å². The molecule has 0 saturated heterocycles. The van der Waals surface area contributed by atoms with Crippen LogP contribution in [0.25, 0.3) is 0 Å². The zero-order valence-electron chi connectivity index (χ0n) is 11.7. The van der Waals surface area contributed by atoms with Crippen LogP contribution in [0.3, 0.4) is 0 Å². The molecule has 4 aliphatic rings. The number of hydrogen-bond donors (Lipinski definition) is 2. The minimum Gasteiger partial charge on any atom is -0.355 e. The van der Waals surface area contributed by atoms with Crippen molar-refractivity contribution in [3.05, 3.63) is 0 Å². The molecule has 4 rings (SSSR count). The van der Waals surface area contributed by atoms with E-state index in [1.807, 2.05) is 13.8 Å². The third kappa shape index (κ3) is 1.63. The largest absolute Gasteiger partial charge is 0.355 e. The van der Waals surface area contributed by atoms with E-state index in [1.54, 1.807) is 0 Å². The first-order valence-electron chi connectivity index (χ1n) is 7.54. The van der Waals surface area contributed by atoms with Gasteiger partial charge in [-0.1, -0.05) is 0 Å². The smallest absolute Gasteiger partial charge is 0.240 e. The van der Waals surface area contributed by atoms with Gasteiger partial charge in [0, 0.05) is 6.54 Å². The van der Waals surface area contributed by atoms with Crippen molar-refractivity contribution in [1.82, 2.24) is 5.32 Å². The van der Waals surface area contributed by atoms with Gasteiger partial charge in [0.2, 0.25) is 5.91 Å². The van der Waals surface area contributed by atoms with Crippen LogP contribution in [0.15, 0.2) is 0 Å². The highest BCUT2D eigenvalue weighted by atomic mass is 16.2. The Morgan fingerprint density at radius 3 is 2.06 bits per heavy atom. The summed E-state index contributed by atoms with van der Waals surface area (Å²) in [6.45, 7) is 4.62. The number of rotatable bonds is 3. The summed E-state index contributed by atoms with van der Waals surface area (Å²) >= 11 is 0. The molecule has 18 heavy (non-hydrogen) atoms. The maximum Gasteiger partial charge on any atom is 0.240 e. The summed E-state index contributed by atoms with van der Waals surface area (Å²) in [5, 5.41) is 2.95. The van der Waals surface area contributed by atoms with Crippen LogP contribution in [0.5, 0.6) is 0 Å². The van der Waals surface area contributed by atoms with Crippen LogP contribution < -0.4 is 11.1 Å². The van der Waals surface area contributed by atoms with E-state index < -0.39 is 5.54 Å². The number of likely N-dealkylation sites (N-methyl/N-ethyl adjacent to an activating group) is 1. The molecule has 4 fully saturated rings.